The minimum atomic E-state index is 0.516. The number of hydrogen-bond donors (Lipinski definition) is 1. The first-order valence-corrected chi connectivity index (χ1v) is 4.82. The second kappa shape index (κ2) is 4.24. The van der Waals surface area contributed by atoms with Crippen molar-refractivity contribution in [2.24, 2.45) is 0 Å². The molecule has 1 atom stereocenters. The molecule has 1 fully saturated rings. The van der Waals surface area contributed by atoms with Crippen LogP contribution in [0.3, 0.4) is 0 Å². The van der Waals surface area contributed by atoms with Crippen LogP contribution in [0.4, 0.5) is 0 Å². The Morgan fingerprint density at radius 3 is 3.14 bits per heavy atom. The number of rotatable bonds is 4. The first kappa shape index (κ1) is 9.21. The van der Waals surface area contributed by atoms with E-state index in [4.69, 9.17) is 4.74 Å². The smallest absolute Gasteiger partial charge is 0.138 e. The number of hydrogen-bond acceptors (Lipinski definition) is 3. The number of aromatic nitrogens is 1. The Balaban J connectivity index is 1.90. The molecular formula is C11H14N2O. The van der Waals surface area contributed by atoms with E-state index in [2.05, 4.69) is 16.9 Å². The van der Waals surface area contributed by atoms with Crippen molar-refractivity contribution in [3.63, 3.8) is 0 Å². The van der Waals surface area contributed by atoms with Crippen LogP contribution in [-0.2, 0) is 0 Å². The minimum absolute atomic E-state index is 0.516. The quantitative estimate of drug-likeness (QED) is 0.780. The third-order valence-electron chi connectivity index (χ3n) is 2.35. The van der Waals surface area contributed by atoms with Crippen molar-refractivity contribution in [1.29, 1.82) is 0 Å². The Morgan fingerprint density at radius 1 is 1.64 bits per heavy atom. The normalized spacial score (nSPS) is 19.9. The lowest BCUT2D eigenvalue weighted by molar-refractivity contribution is 0.217. The predicted octanol–water partition coefficient (Wildman–Crippen LogP) is 1.47. The molecule has 0 aliphatic carbocycles. The summed E-state index contributed by atoms with van der Waals surface area (Å²) in [4.78, 5) is 4.06. The van der Waals surface area contributed by atoms with E-state index in [1.807, 2.05) is 6.07 Å². The number of nitrogens with zero attached hydrogens (tertiary/aromatic N) is 1. The molecule has 1 aromatic heterocycles. The Morgan fingerprint density at radius 2 is 2.50 bits per heavy atom. The van der Waals surface area contributed by atoms with Crippen LogP contribution in [0.15, 0.2) is 25.0 Å². The van der Waals surface area contributed by atoms with Gasteiger partial charge in [-0.1, -0.05) is 12.7 Å². The molecule has 74 valence electrons. The van der Waals surface area contributed by atoms with Gasteiger partial charge in [-0.25, -0.2) is 0 Å². The van der Waals surface area contributed by atoms with Gasteiger partial charge in [0.25, 0.3) is 0 Å². The summed E-state index contributed by atoms with van der Waals surface area (Å²) < 4.78 is 5.58. The average molecular weight is 190 g/mol. The molecule has 1 aliphatic heterocycles. The number of ether oxygens (including phenoxy) is 1. The van der Waals surface area contributed by atoms with E-state index in [1.165, 1.54) is 6.42 Å². The van der Waals surface area contributed by atoms with Gasteiger partial charge in [0.05, 0.1) is 6.20 Å². The molecule has 0 unspecified atom stereocenters. The monoisotopic (exact) mass is 190 g/mol. The van der Waals surface area contributed by atoms with Gasteiger partial charge in [-0.15, -0.1) is 0 Å². The fraction of sp³-hybridized carbons (Fsp3) is 0.364. The molecular weight excluding hydrogens is 176 g/mol. The summed E-state index contributed by atoms with van der Waals surface area (Å²) in [6, 6.07) is 2.46. The standard InChI is InChI=1S/C11H14N2O/c1-2-9-5-11(7-12-6-9)14-8-10-3-4-13-10/h2,5-7,10,13H,1,3-4,8H2/t10-/m0/s1. The molecule has 1 aromatic rings. The second-order valence-electron chi connectivity index (χ2n) is 3.41. The highest BCUT2D eigenvalue weighted by Crippen LogP contribution is 2.13. The van der Waals surface area contributed by atoms with Gasteiger partial charge in [-0.3, -0.25) is 4.98 Å². The first-order valence-electron chi connectivity index (χ1n) is 4.82. The number of pyridine rings is 1. The lowest BCUT2D eigenvalue weighted by Gasteiger charge is -2.27. The van der Waals surface area contributed by atoms with Crippen molar-refractivity contribution in [2.45, 2.75) is 12.5 Å². The molecule has 14 heavy (non-hydrogen) atoms. The fourth-order valence-corrected chi connectivity index (χ4v) is 1.31. The third-order valence-corrected chi connectivity index (χ3v) is 2.35. The van der Waals surface area contributed by atoms with Crippen LogP contribution in [-0.4, -0.2) is 24.2 Å². The molecule has 3 nitrogen and oxygen atoms in total. The van der Waals surface area contributed by atoms with E-state index in [0.29, 0.717) is 6.04 Å². The van der Waals surface area contributed by atoms with E-state index in [0.717, 1.165) is 24.5 Å². The summed E-state index contributed by atoms with van der Waals surface area (Å²) in [5, 5.41) is 3.28. The van der Waals surface area contributed by atoms with Crippen LogP contribution in [0.2, 0.25) is 0 Å². The zero-order valence-electron chi connectivity index (χ0n) is 8.07. The molecule has 1 N–H and O–H groups in total. The van der Waals surface area contributed by atoms with Gasteiger partial charge >= 0.3 is 0 Å². The molecule has 0 spiro atoms. The third kappa shape index (κ3) is 2.12. The van der Waals surface area contributed by atoms with Gasteiger partial charge in [0.2, 0.25) is 0 Å². The molecule has 2 heterocycles. The molecule has 2 rings (SSSR count). The van der Waals surface area contributed by atoms with Crippen LogP contribution >= 0.6 is 0 Å². The highest BCUT2D eigenvalue weighted by Gasteiger charge is 2.16. The van der Waals surface area contributed by atoms with Crippen molar-refractivity contribution >= 4 is 6.08 Å². The summed E-state index contributed by atoms with van der Waals surface area (Å²) >= 11 is 0. The highest BCUT2D eigenvalue weighted by atomic mass is 16.5. The van der Waals surface area contributed by atoms with E-state index in [-0.39, 0.29) is 0 Å². The molecule has 0 aromatic carbocycles. The van der Waals surface area contributed by atoms with Gasteiger partial charge in [-0.2, -0.15) is 0 Å². The molecule has 0 amide bonds. The van der Waals surface area contributed by atoms with Gasteiger partial charge in [0.1, 0.15) is 12.4 Å². The minimum Gasteiger partial charge on any atom is -0.490 e. The van der Waals surface area contributed by atoms with Gasteiger partial charge in [0, 0.05) is 12.2 Å². The van der Waals surface area contributed by atoms with E-state index < -0.39 is 0 Å². The van der Waals surface area contributed by atoms with Crippen LogP contribution in [0.5, 0.6) is 5.75 Å². The average Bonchev–Trinajstić information content (AvgIpc) is 2.16. The number of nitrogens with one attached hydrogen (secondary N) is 1. The van der Waals surface area contributed by atoms with E-state index in [1.54, 1.807) is 18.5 Å². The molecule has 0 bridgehead atoms. The zero-order valence-corrected chi connectivity index (χ0v) is 8.07. The lowest BCUT2D eigenvalue weighted by Crippen LogP contribution is -2.46. The predicted molar refractivity (Wildman–Crippen MR) is 56.2 cm³/mol. The van der Waals surface area contributed by atoms with E-state index >= 15 is 0 Å². The summed E-state index contributed by atoms with van der Waals surface area (Å²) in [5.41, 5.74) is 0.990. The van der Waals surface area contributed by atoms with Gasteiger partial charge < -0.3 is 10.1 Å². The van der Waals surface area contributed by atoms with Crippen molar-refractivity contribution in [1.82, 2.24) is 10.3 Å². The summed E-state index contributed by atoms with van der Waals surface area (Å²) in [6.45, 7) is 5.52. The van der Waals surface area contributed by atoms with Crippen molar-refractivity contribution < 1.29 is 4.74 Å². The first-order chi connectivity index (χ1) is 6.88. The molecule has 1 aliphatic rings. The Hall–Kier alpha value is -1.35. The zero-order chi connectivity index (χ0) is 9.80. The fourth-order valence-electron chi connectivity index (χ4n) is 1.31. The SMILES string of the molecule is C=Cc1cncc(OC[C@@H]2CCN2)c1. The highest BCUT2D eigenvalue weighted by molar-refractivity contribution is 5.47. The molecule has 0 saturated carbocycles. The summed E-state index contributed by atoms with van der Waals surface area (Å²) in [5.74, 6) is 0.816. The van der Waals surface area contributed by atoms with Crippen LogP contribution in [0, 0.1) is 0 Å². The largest absolute Gasteiger partial charge is 0.490 e. The maximum absolute atomic E-state index is 5.58. The molecule has 1 saturated heterocycles. The Kier molecular flexibility index (Phi) is 2.79. The maximum atomic E-state index is 5.58. The van der Waals surface area contributed by atoms with Crippen molar-refractivity contribution in [3.8, 4) is 5.75 Å². The summed E-state index contributed by atoms with van der Waals surface area (Å²) in [7, 11) is 0. The van der Waals surface area contributed by atoms with Gasteiger partial charge in [-0.05, 0) is 24.6 Å². The van der Waals surface area contributed by atoms with Crippen molar-refractivity contribution in [2.75, 3.05) is 13.2 Å². The Bertz CT molecular complexity index is 321. The van der Waals surface area contributed by atoms with Crippen LogP contribution < -0.4 is 10.1 Å². The molecule has 3 heteroatoms. The maximum Gasteiger partial charge on any atom is 0.138 e. The lowest BCUT2D eigenvalue weighted by atomic mass is 10.1. The van der Waals surface area contributed by atoms with Gasteiger partial charge in [0.15, 0.2) is 0 Å². The van der Waals surface area contributed by atoms with Crippen molar-refractivity contribution in [3.05, 3.63) is 30.6 Å². The molecule has 0 radical (unpaired) electrons. The van der Waals surface area contributed by atoms with Crippen LogP contribution in [0.1, 0.15) is 12.0 Å². The summed E-state index contributed by atoms with van der Waals surface area (Å²) in [6.07, 6.45) is 6.46. The van der Waals surface area contributed by atoms with E-state index in [9.17, 15) is 0 Å². The second-order valence-corrected chi connectivity index (χ2v) is 3.41. The Labute approximate surface area is 83.8 Å². The topological polar surface area (TPSA) is 34.1 Å². The van der Waals surface area contributed by atoms with Crippen LogP contribution in [0.25, 0.3) is 6.08 Å².